The van der Waals surface area contributed by atoms with E-state index < -0.39 is 0 Å². The van der Waals surface area contributed by atoms with E-state index in [9.17, 15) is 4.39 Å². The van der Waals surface area contributed by atoms with Crippen molar-refractivity contribution < 1.29 is 13.5 Å². The van der Waals surface area contributed by atoms with E-state index in [1.165, 1.54) is 23.9 Å². The van der Waals surface area contributed by atoms with Crippen LogP contribution in [0.15, 0.2) is 58.2 Å². The van der Waals surface area contributed by atoms with Gasteiger partial charge in [0.1, 0.15) is 11.6 Å². The number of hydrogen-bond donors (Lipinski definition) is 0. The van der Waals surface area contributed by atoms with Gasteiger partial charge in [-0.05, 0) is 29.8 Å². The Bertz CT molecular complexity index is 780. The smallest absolute Gasteiger partial charge is 0.277 e. The van der Waals surface area contributed by atoms with Gasteiger partial charge in [-0.25, -0.2) is 4.39 Å². The molecule has 0 aliphatic rings. The Labute approximate surface area is 141 Å². The van der Waals surface area contributed by atoms with Crippen LogP contribution in [-0.2, 0) is 12.4 Å². The molecule has 0 fully saturated rings. The molecule has 0 bridgehead atoms. The monoisotopic (exact) mass is 350 g/mol. The lowest BCUT2D eigenvalue weighted by Gasteiger charge is -2.04. The van der Waals surface area contributed by atoms with Crippen LogP contribution in [0.1, 0.15) is 11.5 Å². The summed E-state index contributed by atoms with van der Waals surface area (Å²) in [4.78, 5) is 0. The summed E-state index contributed by atoms with van der Waals surface area (Å²) in [5, 5.41) is 8.83. The van der Waals surface area contributed by atoms with E-state index in [-0.39, 0.29) is 12.4 Å². The second-order valence-electron chi connectivity index (χ2n) is 4.60. The normalized spacial score (nSPS) is 10.7. The number of nitrogens with zero attached hydrogens (tertiary/aromatic N) is 2. The summed E-state index contributed by atoms with van der Waals surface area (Å²) in [5.74, 6) is 1.29. The van der Waals surface area contributed by atoms with E-state index in [2.05, 4.69) is 10.2 Å². The minimum atomic E-state index is -0.254. The SMILES string of the molecule is Fc1ccc(CSc2nnc(COc3ccccc3Cl)o2)cc1. The Hall–Kier alpha value is -2.05. The van der Waals surface area contributed by atoms with E-state index in [1.54, 1.807) is 24.3 Å². The molecule has 7 heteroatoms. The van der Waals surface area contributed by atoms with Crippen LogP contribution in [0.5, 0.6) is 5.75 Å². The lowest BCUT2D eigenvalue weighted by atomic mass is 10.2. The molecular formula is C16H12ClFN2O2S. The number of hydrogen-bond acceptors (Lipinski definition) is 5. The van der Waals surface area contributed by atoms with E-state index in [4.69, 9.17) is 20.8 Å². The van der Waals surface area contributed by atoms with Crippen molar-refractivity contribution in [3.05, 3.63) is 70.8 Å². The Morgan fingerprint density at radius 3 is 2.65 bits per heavy atom. The third kappa shape index (κ3) is 4.46. The number of halogens is 2. The molecule has 0 N–H and O–H groups in total. The summed E-state index contributed by atoms with van der Waals surface area (Å²) in [7, 11) is 0. The summed E-state index contributed by atoms with van der Waals surface area (Å²) in [5.41, 5.74) is 0.975. The minimum absolute atomic E-state index is 0.147. The lowest BCUT2D eigenvalue weighted by Crippen LogP contribution is -1.95. The molecule has 4 nitrogen and oxygen atoms in total. The van der Waals surface area contributed by atoms with Crippen LogP contribution in [-0.4, -0.2) is 10.2 Å². The van der Waals surface area contributed by atoms with Crippen molar-refractivity contribution in [2.75, 3.05) is 0 Å². The van der Waals surface area contributed by atoms with Crippen LogP contribution in [0, 0.1) is 5.82 Å². The molecule has 3 rings (SSSR count). The third-order valence-electron chi connectivity index (χ3n) is 2.91. The van der Waals surface area contributed by atoms with E-state index >= 15 is 0 Å². The van der Waals surface area contributed by atoms with Crippen LogP contribution in [0.25, 0.3) is 0 Å². The largest absolute Gasteiger partial charge is 0.482 e. The molecule has 3 aromatic rings. The van der Waals surface area contributed by atoms with E-state index in [0.717, 1.165) is 5.56 Å². The predicted octanol–water partition coefficient (Wildman–Crippen LogP) is 4.73. The van der Waals surface area contributed by atoms with Crippen LogP contribution < -0.4 is 4.74 Å². The Kier molecular flexibility index (Phi) is 5.15. The number of aromatic nitrogens is 2. The van der Waals surface area contributed by atoms with Gasteiger partial charge < -0.3 is 9.15 Å². The molecule has 118 valence electrons. The number of rotatable bonds is 6. The van der Waals surface area contributed by atoms with Gasteiger partial charge in [0.2, 0.25) is 0 Å². The zero-order valence-electron chi connectivity index (χ0n) is 11.9. The second kappa shape index (κ2) is 7.48. The Balaban J connectivity index is 1.53. The van der Waals surface area contributed by atoms with Gasteiger partial charge in [0.05, 0.1) is 5.02 Å². The average Bonchev–Trinajstić information content (AvgIpc) is 3.02. The maximum atomic E-state index is 12.8. The fourth-order valence-corrected chi connectivity index (χ4v) is 2.71. The zero-order valence-corrected chi connectivity index (χ0v) is 13.5. The molecule has 0 spiro atoms. The molecule has 0 radical (unpaired) electrons. The summed E-state index contributed by atoms with van der Waals surface area (Å²) in [6.45, 7) is 0.147. The molecular weight excluding hydrogens is 339 g/mol. The van der Waals surface area contributed by atoms with E-state index in [0.29, 0.717) is 27.6 Å². The molecule has 0 atom stereocenters. The third-order valence-corrected chi connectivity index (χ3v) is 4.11. The predicted molar refractivity (Wildman–Crippen MR) is 86.0 cm³/mol. The highest BCUT2D eigenvalue weighted by molar-refractivity contribution is 7.98. The van der Waals surface area contributed by atoms with Crippen molar-refractivity contribution in [3.63, 3.8) is 0 Å². The van der Waals surface area contributed by atoms with Crippen LogP contribution in [0.3, 0.4) is 0 Å². The first-order valence-corrected chi connectivity index (χ1v) is 8.14. The van der Waals surface area contributed by atoms with Crippen molar-refractivity contribution in [3.8, 4) is 5.75 Å². The number of benzene rings is 2. The van der Waals surface area contributed by atoms with Crippen molar-refractivity contribution >= 4 is 23.4 Å². The standard InChI is InChI=1S/C16H12ClFN2O2S/c17-13-3-1-2-4-14(13)21-9-15-19-20-16(22-15)23-10-11-5-7-12(18)8-6-11/h1-8H,9-10H2. The molecule has 0 unspecified atom stereocenters. The highest BCUT2D eigenvalue weighted by Gasteiger charge is 2.09. The van der Waals surface area contributed by atoms with Crippen molar-refractivity contribution in [1.82, 2.24) is 10.2 Å². The quantitative estimate of drug-likeness (QED) is 0.601. The number of ether oxygens (including phenoxy) is 1. The zero-order chi connectivity index (χ0) is 16.1. The molecule has 0 amide bonds. The van der Waals surface area contributed by atoms with Gasteiger partial charge in [-0.2, -0.15) is 0 Å². The van der Waals surface area contributed by atoms with Gasteiger partial charge in [-0.1, -0.05) is 47.6 Å². The highest BCUT2D eigenvalue weighted by Crippen LogP contribution is 2.25. The van der Waals surface area contributed by atoms with Crippen LogP contribution in [0.4, 0.5) is 4.39 Å². The van der Waals surface area contributed by atoms with Gasteiger partial charge in [-0.3, -0.25) is 0 Å². The average molecular weight is 351 g/mol. The topological polar surface area (TPSA) is 48.2 Å². The summed E-state index contributed by atoms with van der Waals surface area (Å²) >= 11 is 7.38. The summed E-state index contributed by atoms with van der Waals surface area (Å²) in [6, 6.07) is 13.5. The minimum Gasteiger partial charge on any atom is -0.482 e. The summed E-state index contributed by atoms with van der Waals surface area (Å²) in [6.07, 6.45) is 0. The Morgan fingerprint density at radius 1 is 1.09 bits per heavy atom. The highest BCUT2D eigenvalue weighted by atomic mass is 35.5. The maximum absolute atomic E-state index is 12.8. The van der Waals surface area contributed by atoms with Gasteiger partial charge in [-0.15, -0.1) is 10.2 Å². The Morgan fingerprint density at radius 2 is 1.87 bits per heavy atom. The second-order valence-corrected chi connectivity index (χ2v) is 5.93. The molecule has 0 saturated heterocycles. The molecule has 1 heterocycles. The van der Waals surface area contributed by atoms with E-state index in [1.807, 2.05) is 12.1 Å². The summed E-state index contributed by atoms with van der Waals surface area (Å²) < 4.78 is 23.9. The van der Waals surface area contributed by atoms with Crippen molar-refractivity contribution in [2.45, 2.75) is 17.6 Å². The first-order chi connectivity index (χ1) is 11.2. The van der Waals surface area contributed by atoms with Gasteiger partial charge in [0, 0.05) is 5.75 Å². The van der Waals surface area contributed by atoms with Gasteiger partial charge in [0.15, 0.2) is 6.61 Å². The van der Waals surface area contributed by atoms with Crippen molar-refractivity contribution in [1.29, 1.82) is 0 Å². The fourth-order valence-electron chi connectivity index (χ4n) is 1.78. The lowest BCUT2D eigenvalue weighted by molar-refractivity contribution is 0.252. The molecule has 23 heavy (non-hydrogen) atoms. The van der Waals surface area contributed by atoms with Gasteiger partial charge >= 0.3 is 0 Å². The molecule has 0 aliphatic carbocycles. The molecule has 1 aromatic heterocycles. The van der Waals surface area contributed by atoms with Crippen molar-refractivity contribution in [2.24, 2.45) is 0 Å². The molecule has 0 aliphatic heterocycles. The number of para-hydroxylation sites is 1. The van der Waals surface area contributed by atoms with Crippen LogP contribution >= 0.6 is 23.4 Å². The van der Waals surface area contributed by atoms with Gasteiger partial charge in [0.25, 0.3) is 11.1 Å². The first-order valence-electron chi connectivity index (χ1n) is 6.77. The maximum Gasteiger partial charge on any atom is 0.277 e. The fraction of sp³-hybridized carbons (Fsp3) is 0.125. The molecule has 0 saturated carbocycles. The first kappa shape index (κ1) is 15.8. The number of thioether (sulfide) groups is 1. The molecule has 2 aromatic carbocycles. The van der Waals surface area contributed by atoms with Crippen LogP contribution in [0.2, 0.25) is 5.02 Å².